The highest BCUT2D eigenvalue weighted by Crippen LogP contribution is 1.94. The Balaban J connectivity index is 3.64. The molecule has 46 valence electrons. The van der Waals surface area contributed by atoms with Gasteiger partial charge in [-0.2, -0.15) is 0 Å². The highest BCUT2D eigenvalue weighted by Gasteiger charge is 2.09. The molecule has 0 aromatic rings. The molecule has 2 nitrogen and oxygen atoms in total. The Morgan fingerprint density at radius 3 is 2.25 bits per heavy atom. The van der Waals surface area contributed by atoms with Crippen molar-refractivity contribution in [3.8, 4) is 0 Å². The lowest BCUT2D eigenvalue weighted by molar-refractivity contribution is -0.132. The average Bonchev–Trinajstić information content (AvgIpc) is 1.84. The molecule has 0 atom stereocenters. The molecule has 8 heavy (non-hydrogen) atoms. The lowest BCUT2D eigenvalue weighted by Gasteiger charge is -1.84. The minimum absolute atomic E-state index is 0.715. The lowest BCUT2D eigenvalue weighted by atomic mass is 10.5. The largest absolute Gasteiger partial charge is 0.287 e. The van der Waals surface area contributed by atoms with Crippen molar-refractivity contribution in [3.63, 3.8) is 0 Å². The van der Waals surface area contributed by atoms with Crippen molar-refractivity contribution in [1.82, 2.24) is 0 Å². The fourth-order valence-corrected chi connectivity index (χ4v) is 0.451. The summed E-state index contributed by atoms with van der Waals surface area (Å²) in [5, 5.41) is -0.715. The van der Waals surface area contributed by atoms with Crippen molar-refractivity contribution < 1.29 is 14.0 Å². The van der Waals surface area contributed by atoms with Gasteiger partial charge in [-0.15, -0.1) is 0 Å². The molecule has 0 fully saturated rings. The van der Waals surface area contributed by atoms with Gasteiger partial charge in [0.25, 0.3) is 5.12 Å². The summed E-state index contributed by atoms with van der Waals surface area (Å²) in [4.78, 5) is 20.1. The predicted molar refractivity (Wildman–Crippen MR) is 29.5 cm³/mol. The summed E-state index contributed by atoms with van der Waals surface area (Å²) in [5.41, 5.74) is 0. The van der Waals surface area contributed by atoms with Crippen LogP contribution in [0.25, 0.3) is 0 Å². The molecule has 0 aliphatic carbocycles. The standard InChI is InChI=1S/C4H5FO2S/c1-8-4(7)3(6)2-5/h2H2,1H3. The van der Waals surface area contributed by atoms with Crippen LogP contribution in [0, 0.1) is 0 Å². The second-order valence-electron chi connectivity index (χ2n) is 1.05. The fourth-order valence-electron chi connectivity index (χ4n) is 0.168. The zero-order chi connectivity index (χ0) is 6.57. The maximum absolute atomic E-state index is 11.2. The molecule has 0 bridgehead atoms. The third kappa shape index (κ3) is 2.07. The number of hydrogen-bond acceptors (Lipinski definition) is 3. The first-order chi connectivity index (χ1) is 3.72. The van der Waals surface area contributed by atoms with Crippen LogP contribution < -0.4 is 0 Å². The van der Waals surface area contributed by atoms with E-state index in [1.165, 1.54) is 6.26 Å². The molecule has 0 saturated heterocycles. The maximum atomic E-state index is 11.2. The molecule has 0 unspecified atom stereocenters. The van der Waals surface area contributed by atoms with Gasteiger partial charge >= 0.3 is 0 Å². The van der Waals surface area contributed by atoms with Gasteiger partial charge in [-0.25, -0.2) is 4.39 Å². The van der Waals surface area contributed by atoms with E-state index < -0.39 is 17.6 Å². The Morgan fingerprint density at radius 2 is 2.12 bits per heavy atom. The summed E-state index contributed by atoms with van der Waals surface area (Å²) >= 11 is 0.729. The van der Waals surface area contributed by atoms with Gasteiger partial charge in [0.1, 0.15) is 0 Å². The monoisotopic (exact) mass is 136 g/mol. The van der Waals surface area contributed by atoms with Crippen molar-refractivity contribution in [2.24, 2.45) is 0 Å². The van der Waals surface area contributed by atoms with Gasteiger partial charge in [0.2, 0.25) is 5.78 Å². The summed E-state index contributed by atoms with van der Waals surface area (Å²) < 4.78 is 11.2. The van der Waals surface area contributed by atoms with E-state index in [0.29, 0.717) is 0 Å². The van der Waals surface area contributed by atoms with Crippen LogP contribution in [0.5, 0.6) is 0 Å². The van der Waals surface area contributed by atoms with E-state index in [4.69, 9.17) is 0 Å². The minimum atomic E-state index is -1.18. The van der Waals surface area contributed by atoms with Crippen molar-refractivity contribution >= 4 is 22.7 Å². The Morgan fingerprint density at radius 1 is 1.62 bits per heavy atom. The van der Waals surface area contributed by atoms with Crippen LogP contribution >= 0.6 is 11.8 Å². The smallest absolute Gasteiger partial charge is 0.257 e. The van der Waals surface area contributed by atoms with E-state index >= 15 is 0 Å². The van der Waals surface area contributed by atoms with Crippen molar-refractivity contribution in [3.05, 3.63) is 0 Å². The Hall–Kier alpha value is -0.380. The number of hydrogen-bond donors (Lipinski definition) is 0. The van der Waals surface area contributed by atoms with Gasteiger partial charge in [-0.1, -0.05) is 11.8 Å². The molecule has 0 aliphatic rings. The van der Waals surface area contributed by atoms with Crippen LogP contribution in [0.4, 0.5) is 4.39 Å². The Labute approximate surface area is 50.4 Å². The van der Waals surface area contributed by atoms with Gasteiger partial charge in [0.05, 0.1) is 0 Å². The summed E-state index contributed by atoms with van der Waals surface area (Å²) in [5.74, 6) is -0.961. The molecule has 0 rings (SSSR count). The zero-order valence-electron chi connectivity index (χ0n) is 4.31. The first-order valence-electron chi connectivity index (χ1n) is 1.89. The molecule has 0 N–H and O–H groups in total. The normalized spacial score (nSPS) is 8.75. The first kappa shape index (κ1) is 7.62. The number of rotatable bonds is 2. The van der Waals surface area contributed by atoms with Crippen LogP contribution in [0.3, 0.4) is 0 Å². The summed E-state index contributed by atoms with van der Waals surface area (Å²) in [6, 6.07) is 0. The average molecular weight is 136 g/mol. The van der Waals surface area contributed by atoms with Crippen LogP contribution in [-0.4, -0.2) is 23.8 Å². The predicted octanol–water partition coefficient (Wildman–Crippen LogP) is 0.415. The van der Waals surface area contributed by atoms with Gasteiger partial charge in [-0.3, -0.25) is 9.59 Å². The number of thioether (sulfide) groups is 1. The van der Waals surface area contributed by atoms with Gasteiger partial charge < -0.3 is 0 Å². The molecule has 0 heterocycles. The number of halogens is 1. The van der Waals surface area contributed by atoms with Crippen LogP contribution in [0.1, 0.15) is 0 Å². The van der Waals surface area contributed by atoms with Crippen LogP contribution in [0.2, 0.25) is 0 Å². The van der Waals surface area contributed by atoms with Crippen molar-refractivity contribution in [2.75, 3.05) is 12.9 Å². The number of carbonyl (C=O) groups is 2. The molecule has 0 amide bonds. The SMILES string of the molecule is CSC(=O)C(=O)CF. The van der Waals surface area contributed by atoms with Crippen LogP contribution in [-0.2, 0) is 9.59 Å². The molecule has 0 saturated carbocycles. The number of ketones is 1. The Bertz CT molecular complexity index is 98.6. The maximum Gasteiger partial charge on any atom is 0.257 e. The first-order valence-corrected chi connectivity index (χ1v) is 3.12. The van der Waals surface area contributed by atoms with E-state index in [0.717, 1.165) is 11.8 Å². The number of Topliss-reactive ketones (excluding diaryl/α,β-unsaturated/α-hetero) is 1. The summed E-state index contributed by atoms with van der Waals surface area (Å²) in [6.07, 6.45) is 1.44. The lowest BCUT2D eigenvalue weighted by Crippen LogP contribution is -2.10. The van der Waals surface area contributed by atoms with E-state index in [1.807, 2.05) is 0 Å². The van der Waals surface area contributed by atoms with E-state index in [9.17, 15) is 14.0 Å². The molecule has 0 aromatic carbocycles. The van der Waals surface area contributed by atoms with Gasteiger partial charge in [0, 0.05) is 0 Å². The number of carbonyl (C=O) groups excluding carboxylic acids is 2. The summed E-state index contributed by atoms with van der Waals surface area (Å²) in [7, 11) is 0. The molecule has 0 spiro atoms. The number of alkyl halides is 1. The Kier molecular flexibility index (Phi) is 3.43. The second-order valence-corrected chi connectivity index (χ2v) is 1.83. The van der Waals surface area contributed by atoms with Crippen molar-refractivity contribution in [1.29, 1.82) is 0 Å². The third-order valence-corrected chi connectivity index (χ3v) is 1.13. The van der Waals surface area contributed by atoms with E-state index in [-0.39, 0.29) is 0 Å². The molecule has 0 aliphatic heterocycles. The molecule has 0 aromatic heterocycles. The minimum Gasteiger partial charge on any atom is -0.287 e. The molecule has 0 radical (unpaired) electrons. The third-order valence-electron chi connectivity index (χ3n) is 0.534. The van der Waals surface area contributed by atoms with Gasteiger partial charge in [-0.05, 0) is 6.26 Å². The van der Waals surface area contributed by atoms with Gasteiger partial charge in [0.15, 0.2) is 6.67 Å². The molecular weight excluding hydrogens is 131 g/mol. The second kappa shape index (κ2) is 3.60. The van der Waals surface area contributed by atoms with Crippen LogP contribution in [0.15, 0.2) is 0 Å². The van der Waals surface area contributed by atoms with E-state index in [1.54, 1.807) is 0 Å². The quantitative estimate of drug-likeness (QED) is 0.516. The highest BCUT2D eigenvalue weighted by molar-refractivity contribution is 8.14. The zero-order valence-corrected chi connectivity index (χ0v) is 5.13. The van der Waals surface area contributed by atoms with Crippen molar-refractivity contribution in [2.45, 2.75) is 0 Å². The fraction of sp³-hybridized carbons (Fsp3) is 0.500. The molecule has 4 heteroatoms. The molecular formula is C4H5FO2S. The summed E-state index contributed by atoms with van der Waals surface area (Å²) in [6.45, 7) is -1.18. The highest BCUT2D eigenvalue weighted by atomic mass is 32.2. The topological polar surface area (TPSA) is 34.1 Å². The van der Waals surface area contributed by atoms with E-state index in [2.05, 4.69) is 0 Å².